The van der Waals surface area contributed by atoms with E-state index in [1.807, 2.05) is 49.4 Å². The summed E-state index contributed by atoms with van der Waals surface area (Å²) in [5, 5.41) is 3.21. The van der Waals surface area contributed by atoms with Crippen LogP contribution in [0.2, 0.25) is 0 Å². The number of hydrogen-bond donors (Lipinski definition) is 1. The molecule has 0 spiro atoms. The monoisotopic (exact) mass is 364 g/mol. The molecule has 0 radical (unpaired) electrons. The molecule has 2 aromatic rings. The minimum atomic E-state index is -0.361. The molecule has 4 heteroatoms. The Hall–Kier alpha value is -2.62. The lowest BCUT2D eigenvalue weighted by atomic mass is 9.97. The number of likely N-dealkylation sites (tertiary alicyclic amines) is 1. The highest BCUT2D eigenvalue weighted by Crippen LogP contribution is 2.25. The molecular formula is C23H28N2O2. The smallest absolute Gasteiger partial charge is 0.243 e. The number of benzene rings is 2. The molecule has 0 aliphatic carbocycles. The molecule has 1 aliphatic rings. The maximum absolute atomic E-state index is 13.1. The van der Waals surface area contributed by atoms with Gasteiger partial charge < -0.3 is 10.2 Å². The van der Waals surface area contributed by atoms with Crippen LogP contribution >= 0.6 is 0 Å². The molecular weight excluding hydrogens is 336 g/mol. The molecule has 4 nitrogen and oxygen atoms in total. The highest BCUT2D eigenvalue weighted by Gasteiger charge is 2.34. The number of nitrogens with one attached hydrogen (secondary N) is 1. The van der Waals surface area contributed by atoms with Crippen LogP contribution in [0.5, 0.6) is 0 Å². The Bertz CT molecular complexity index is 788. The largest absolute Gasteiger partial charge is 0.343 e. The highest BCUT2D eigenvalue weighted by molar-refractivity contribution is 5.88. The van der Waals surface area contributed by atoms with E-state index in [-0.39, 0.29) is 23.9 Å². The Morgan fingerprint density at radius 1 is 1.11 bits per heavy atom. The summed E-state index contributed by atoms with van der Waals surface area (Å²) >= 11 is 0. The van der Waals surface area contributed by atoms with E-state index in [0.717, 1.165) is 36.0 Å². The molecule has 2 atom stereocenters. The zero-order valence-electron chi connectivity index (χ0n) is 16.2. The van der Waals surface area contributed by atoms with Crippen molar-refractivity contribution in [1.82, 2.24) is 10.2 Å². The fourth-order valence-corrected chi connectivity index (χ4v) is 3.79. The average Bonchev–Trinajstić information content (AvgIpc) is 3.17. The highest BCUT2D eigenvalue weighted by atomic mass is 16.2. The van der Waals surface area contributed by atoms with E-state index in [1.54, 1.807) is 4.90 Å². The Morgan fingerprint density at radius 2 is 1.85 bits per heavy atom. The van der Waals surface area contributed by atoms with Crippen molar-refractivity contribution in [3.63, 3.8) is 0 Å². The van der Waals surface area contributed by atoms with Gasteiger partial charge in [0.05, 0.1) is 6.04 Å². The summed E-state index contributed by atoms with van der Waals surface area (Å²) in [4.78, 5) is 27.2. The van der Waals surface area contributed by atoms with Crippen LogP contribution in [-0.4, -0.2) is 29.3 Å². The molecule has 1 N–H and O–H groups in total. The molecule has 0 aromatic heterocycles. The van der Waals surface area contributed by atoms with Crippen LogP contribution in [0, 0.1) is 6.92 Å². The van der Waals surface area contributed by atoms with Crippen molar-refractivity contribution >= 4 is 11.8 Å². The van der Waals surface area contributed by atoms with Gasteiger partial charge in [-0.2, -0.15) is 0 Å². The summed E-state index contributed by atoms with van der Waals surface area (Å²) in [5.41, 5.74) is 3.25. The van der Waals surface area contributed by atoms with Crippen LogP contribution < -0.4 is 5.32 Å². The van der Waals surface area contributed by atoms with Gasteiger partial charge in [-0.1, -0.05) is 67.1 Å². The van der Waals surface area contributed by atoms with Crippen molar-refractivity contribution in [1.29, 1.82) is 0 Å². The summed E-state index contributed by atoms with van der Waals surface area (Å²) < 4.78 is 0. The van der Waals surface area contributed by atoms with Gasteiger partial charge in [-0.05, 0) is 37.3 Å². The lowest BCUT2D eigenvalue weighted by Crippen LogP contribution is -2.47. The molecule has 2 aromatic carbocycles. The first-order chi connectivity index (χ1) is 13.1. The Balaban J connectivity index is 1.84. The van der Waals surface area contributed by atoms with E-state index in [1.165, 1.54) is 0 Å². The minimum absolute atomic E-state index is 0.0627. The topological polar surface area (TPSA) is 49.4 Å². The summed E-state index contributed by atoms with van der Waals surface area (Å²) in [6.07, 6.45) is 2.92. The molecule has 1 fully saturated rings. The number of amides is 2. The van der Waals surface area contributed by atoms with Gasteiger partial charge in [0.25, 0.3) is 0 Å². The Labute approximate surface area is 161 Å². The van der Waals surface area contributed by atoms with Gasteiger partial charge in [0.15, 0.2) is 0 Å². The normalized spacial score (nSPS) is 17.6. The van der Waals surface area contributed by atoms with Crippen molar-refractivity contribution < 1.29 is 9.59 Å². The van der Waals surface area contributed by atoms with Crippen LogP contribution in [-0.2, 0) is 9.59 Å². The fraction of sp³-hybridized carbons (Fsp3) is 0.391. The second kappa shape index (κ2) is 8.85. The lowest BCUT2D eigenvalue weighted by molar-refractivity contribution is -0.138. The third-order valence-electron chi connectivity index (χ3n) is 5.13. The number of aryl methyl sites for hydroxylation is 1. The van der Waals surface area contributed by atoms with Gasteiger partial charge in [0.2, 0.25) is 11.8 Å². The maximum Gasteiger partial charge on any atom is 0.243 e. The molecule has 1 unspecified atom stereocenters. The van der Waals surface area contributed by atoms with Crippen molar-refractivity contribution in [2.75, 3.05) is 6.54 Å². The zero-order chi connectivity index (χ0) is 19.2. The van der Waals surface area contributed by atoms with Crippen LogP contribution in [0.25, 0.3) is 0 Å². The first-order valence-corrected chi connectivity index (χ1v) is 9.81. The summed E-state index contributed by atoms with van der Waals surface area (Å²) in [6, 6.07) is 17.6. The van der Waals surface area contributed by atoms with Crippen molar-refractivity contribution in [3.8, 4) is 0 Å². The van der Waals surface area contributed by atoms with E-state index >= 15 is 0 Å². The summed E-state index contributed by atoms with van der Waals surface area (Å²) in [6.45, 7) is 4.72. The first kappa shape index (κ1) is 19.2. The van der Waals surface area contributed by atoms with Crippen molar-refractivity contribution in [2.24, 2.45) is 0 Å². The van der Waals surface area contributed by atoms with Crippen LogP contribution in [0.15, 0.2) is 54.6 Å². The van der Waals surface area contributed by atoms with Gasteiger partial charge in [-0.25, -0.2) is 0 Å². The van der Waals surface area contributed by atoms with Gasteiger partial charge >= 0.3 is 0 Å². The number of carbonyl (C=O) groups excluding carboxylic acids is 2. The quantitative estimate of drug-likeness (QED) is 0.842. The fourth-order valence-electron chi connectivity index (χ4n) is 3.79. The van der Waals surface area contributed by atoms with E-state index in [9.17, 15) is 9.59 Å². The molecule has 0 bridgehead atoms. The standard InChI is InChI=1S/C23H28N2O2/c1-3-9-21(26)25-15-8-14-20(25)23(27)24-22(18-11-5-4-6-12-18)19-13-7-10-17(2)16-19/h4-7,10-13,16,20,22H,3,8-9,14-15H2,1-2H3,(H,24,27)/t20-,22?/m0/s1. The molecule has 1 heterocycles. The van der Waals surface area contributed by atoms with Gasteiger partial charge in [-0.15, -0.1) is 0 Å². The molecule has 27 heavy (non-hydrogen) atoms. The van der Waals surface area contributed by atoms with Gasteiger partial charge in [-0.3, -0.25) is 9.59 Å². The number of nitrogens with zero attached hydrogens (tertiary/aromatic N) is 1. The average molecular weight is 364 g/mol. The van der Waals surface area contributed by atoms with Gasteiger partial charge in [0.1, 0.15) is 6.04 Å². The molecule has 3 rings (SSSR count). The van der Waals surface area contributed by atoms with Crippen molar-refractivity contribution in [3.05, 3.63) is 71.3 Å². The summed E-state index contributed by atoms with van der Waals surface area (Å²) in [7, 11) is 0. The molecule has 1 aliphatic heterocycles. The van der Waals surface area contributed by atoms with Crippen LogP contribution in [0.3, 0.4) is 0 Å². The third-order valence-corrected chi connectivity index (χ3v) is 5.13. The Morgan fingerprint density at radius 3 is 2.56 bits per heavy atom. The Kier molecular flexibility index (Phi) is 6.28. The molecule has 1 saturated heterocycles. The predicted molar refractivity (Wildman–Crippen MR) is 107 cm³/mol. The zero-order valence-corrected chi connectivity index (χ0v) is 16.2. The van der Waals surface area contributed by atoms with E-state index in [2.05, 4.69) is 24.4 Å². The number of hydrogen-bond acceptors (Lipinski definition) is 2. The van der Waals surface area contributed by atoms with E-state index in [0.29, 0.717) is 13.0 Å². The van der Waals surface area contributed by atoms with Crippen LogP contribution in [0.1, 0.15) is 55.3 Å². The number of rotatable bonds is 6. The van der Waals surface area contributed by atoms with Gasteiger partial charge in [0, 0.05) is 13.0 Å². The summed E-state index contributed by atoms with van der Waals surface area (Å²) in [5.74, 6) is 0.0225. The molecule has 142 valence electrons. The van der Waals surface area contributed by atoms with Crippen LogP contribution in [0.4, 0.5) is 0 Å². The molecule has 0 saturated carbocycles. The predicted octanol–water partition coefficient (Wildman–Crippen LogP) is 3.99. The SMILES string of the molecule is CCCC(=O)N1CCC[C@H]1C(=O)NC(c1ccccc1)c1cccc(C)c1. The number of carbonyl (C=O) groups is 2. The molecule has 2 amide bonds. The van der Waals surface area contributed by atoms with E-state index in [4.69, 9.17) is 0 Å². The van der Waals surface area contributed by atoms with Crippen molar-refractivity contribution in [2.45, 2.75) is 51.6 Å². The minimum Gasteiger partial charge on any atom is -0.343 e. The third kappa shape index (κ3) is 4.57. The lowest BCUT2D eigenvalue weighted by Gasteiger charge is -2.27. The first-order valence-electron chi connectivity index (χ1n) is 9.81. The second-order valence-electron chi connectivity index (χ2n) is 7.26. The van der Waals surface area contributed by atoms with E-state index < -0.39 is 0 Å². The second-order valence-corrected chi connectivity index (χ2v) is 7.26. The maximum atomic E-state index is 13.1.